The Balaban J connectivity index is 2.72. The van der Waals surface area contributed by atoms with Gasteiger partial charge in [-0.05, 0) is 35.7 Å². The second-order valence-electron chi connectivity index (χ2n) is 2.84. The molecule has 0 fully saturated rings. The average Bonchev–Trinajstić information content (AvgIpc) is 2.42. The minimum absolute atomic E-state index is 0.402. The lowest BCUT2D eigenvalue weighted by atomic mass is 10.1. The number of hydrogen-bond acceptors (Lipinski definition) is 1. The summed E-state index contributed by atoms with van der Waals surface area (Å²) in [4.78, 5) is 7.03. The predicted octanol–water partition coefficient (Wildman–Crippen LogP) is 3.43. The van der Waals surface area contributed by atoms with Crippen LogP contribution in [0, 0.1) is 0 Å². The number of aromatic nitrogens is 2. The maximum Gasteiger partial charge on any atom is 0.201 e. The lowest BCUT2D eigenvalue weighted by Gasteiger charge is -1.99. The lowest BCUT2D eigenvalue weighted by molar-refractivity contribution is 1.14. The van der Waals surface area contributed by atoms with Crippen molar-refractivity contribution >= 4 is 34.2 Å². The van der Waals surface area contributed by atoms with Gasteiger partial charge in [0.15, 0.2) is 0 Å². The van der Waals surface area contributed by atoms with E-state index in [1.807, 2.05) is 12.1 Å². The molecule has 2 aromatic rings. The van der Waals surface area contributed by atoms with Crippen molar-refractivity contribution in [3.8, 4) is 0 Å². The van der Waals surface area contributed by atoms with E-state index >= 15 is 0 Å². The van der Waals surface area contributed by atoms with Crippen LogP contribution in [0.3, 0.4) is 0 Å². The number of nitrogens with one attached hydrogen (secondary N) is 1. The molecular weight excluding hydrogens is 207 g/mol. The van der Waals surface area contributed by atoms with Gasteiger partial charge in [0.2, 0.25) is 5.28 Å². The van der Waals surface area contributed by atoms with Crippen LogP contribution in [0.2, 0.25) is 10.3 Å². The summed E-state index contributed by atoms with van der Waals surface area (Å²) < 4.78 is 0. The van der Waals surface area contributed by atoms with Gasteiger partial charge >= 0.3 is 0 Å². The Kier molecular flexibility index (Phi) is 2.18. The van der Waals surface area contributed by atoms with Gasteiger partial charge in [-0.1, -0.05) is 18.5 Å². The molecule has 2 rings (SSSR count). The Hall–Kier alpha value is -0.730. The first kappa shape index (κ1) is 8.85. The maximum absolute atomic E-state index is 6.02. The molecule has 4 heteroatoms. The molecule has 2 nitrogen and oxygen atoms in total. The zero-order valence-electron chi connectivity index (χ0n) is 7.06. The minimum atomic E-state index is 0.402. The molecule has 0 spiro atoms. The molecular formula is C9H8Cl2N2. The zero-order chi connectivity index (χ0) is 9.42. The van der Waals surface area contributed by atoms with Crippen LogP contribution in [0.15, 0.2) is 12.1 Å². The van der Waals surface area contributed by atoms with E-state index in [0.717, 1.165) is 28.0 Å². The Bertz CT molecular complexity index is 448. The number of imidazole rings is 1. The fourth-order valence-corrected chi connectivity index (χ4v) is 1.80. The van der Waals surface area contributed by atoms with Crippen molar-refractivity contribution in [3.63, 3.8) is 0 Å². The van der Waals surface area contributed by atoms with Gasteiger partial charge < -0.3 is 4.98 Å². The second-order valence-corrected chi connectivity index (χ2v) is 3.61. The Morgan fingerprint density at radius 3 is 2.85 bits per heavy atom. The fourth-order valence-electron chi connectivity index (χ4n) is 1.32. The normalized spacial score (nSPS) is 11.0. The molecule has 0 aliphatic carbocycles. The zero-order valence-corrected chi connectivity index (χ0v) is 8.58. The number of nitrogens with zero attached hydrogens (tertiary/aromatic N) is 1. The van der Waals surface area contributed by atoms with E-state index in [1.165, 1.54) is 0 Å². The summed E-state index contributed by atoms with van der Waals surface area (Å²) in [6.07, 6.45) is 0.908. The molecule has 0 bridgehead atoms. The highest BCUT2D eigenvalue weighted by atomic mass is 35.5. The molecule has 0 radical (unpaired) electrons. The average molecular weight is 215 g/mol. The van der Waals surface area contributed by atoms with Gasteiger partial charge in [0.1, 0.15) is 0 Å². The van der Waals surface area contributed by atoms with E-state index in [0.29, 0.717) is 5.28 Å². The first-order valence-corrected chi connectivity index (χ1v) is 4.80. The molecule has 0 aliphatic heterocycles. The number of rotatable bonds is 1. The van der Waals surface area contributed by atoms with Crippen LogP contribution >= 0.6 is 23.2 Å². The molecule has 1 aromatic carbocycles. The number of halogens is 2. The molecule has 0 unspecified atom stereocenters. The number of hydrogen-bond donors (Lipinski definition) is 1. The molecule has 1 heterocycles. The first-order chi connectivity index (χ1) is 6.20. The molecule has 0 amide bonds. The fraction of sp³-hybridized carbons (Fsp3) is 0.222. The van der Waals surface area contributed by atoms with Crippen molar-refractivity contribution < 1.29 is 0 Å². The Labute approximate surface area is 85.9 Å². The highest BCUT2D eigenvalue weighted by Gasteiger charge is 2.04. The Morgan fingerprint density at radius 1 is 1.38 bits per heavy atom. The number of aromatic amines is 1. The first-order valence-electron chi connectivity index (χ1n) is 4.04. The van der Waals surface area contributed by atoms with Crippen LogP contribution in [0.1, 0.15) is 12.5 Å². The third-order valence-corrected chi connectivity index (χ3v) is 2.53. The van der Waals surface area contributed by atoms with Crippen LogP contribution in [-0.2, 0) is 6.42 Å². The van der Waals surface area contributed by atoms with Crippen molar-refractivity contribution in [2.24, 2.45) is 0 Å². The monoisotopic (exact) mass is 214 g/mol. The quantitative estimate of drug-likeness (QED) is 0.775. The van der Waals surface area contributed by atoms with Gasteiger partial charge in [-0.15, -0.1) is 0 Å². The van der Waals surface area contributed by atoms with Crippen molar-refractivity contribution in [3.05, 3.63) is 28.0 Å². The molecule has 0 saturated carbocycles. The molecule has 0 atom stereocenters. The molecule has 1 aromatic heterocycles. The van der Waals surface area contributed by atoms with Gasteiger partial charge in [0, 0.05) is 5.02 Å². The summed E-state index contributed by atoms with van der Waals surface area (Å²) in [7, 11) is 0. The SMILES string of the molecule is CCc1cc2[nH]c(Cl)nc2cc1Cl. The van der Waals surface area contributed by atoms with Crippen molar-refractivity contribution in [1.29, 1.82) is 0 Å². The number of benzene rings is 1. The largest absolute Gasteiger partial charge is 0.329 e. The van der Waals surface area contributed by atoms with Crippen LogP contribution in [-0.4, -0.2) is 9.97 Å². The van der Waals surface area contributed by atoms with Crippen LogP contribution < -0.4 is 0 Å². The van der Waals surface area contributed by atoms with Crippen molar-refractivity contribution in [2.45, 2.75) is 13.3 Å². The molecule has 0 aliphatic rings. The lowest BCUT2D eigenvalue weighted by Crippen LogP contribution is -1.82. The third-order valence-electron chi connectivity index (χ3n) is 2.00. The van der Waals surface area contributed by atoms with Crippen LogP contribution in [0.4, 0.5) is 0 Å². The summed E-state index contributed by atoms with van der Waals surface area (Å²) in [6.45, 7) is 2.06. The Morgan fingerprint density at radius 2 is 2.15 bits per heavy atom. The molecule has 13 heavy (non-hydrogen) atoms. The van der Waals surface area contributed by atoms with Crippen LogP contribution in [0.25, 0.3) is 11.0 Å². The van der Waals surface area contributed by atoms with E-state index in [1.54, 1.807) is 0 Å². The maximum atomic E-state index is 6.02. The molecule has 1 N–H and O–H groups in total. The predicted molar refractivity (Wildman–Crippen MR) is 55.5 cm³/mol. The van der Waals surface area contributed by atoms with Gasteiger partial charge in [-0.25, -0.2) is 4.98 Å². The highest BCUT2D eigenvalue weighted by molar-refractivity contribution is 6.32. The topological polar surface area (TPSA) is 28.7 Å². The third kappa shape index (κ3) is 1.52. The van der Waals surface area contributed by atoms with Gasteiger partial charge in [0.05, 0.1) is 11.0 Å². The van der Waals surface area contributed by atoms with Crippen molar-refractivity contribution in [1.82, 2.24) is 9.97 Å². The standard InChI is InChI=1S/C9H8Cl2N2/c1-2-5-3-7-8(4-6(5)10)13-9(11)12-7/h3-4H,2H2,1H3,(H,12,13). The van der Waals surface area contributed by atoms with E-state index in [9.17, 15) is 0 Å². The van der Waals surface area contributed by atoms with Gasteiger partial charge in [0.25, 0.3) is 0 Å². The van der Waals surface area contributed by atoms with E-state index in [2.05, 4.69) is 16.9 Å². The summed E-state index contributed by atoms with van der Waals surface area (Å²) >= 11 is 11.7. The minimum Gasteiger partial charge on any atom is -0.329 e. The number of fused-ring (bicyclic) bond motifs is 1. The van der Waals surface area contributed by atoms with E-state index < -0.39 is 0 Å². The highest BCUT2D eigenvalue weighted by Crippen LogP contribution is 2.23. The number of H-pyrrole nitrogens is 1. The smallest absolute Gasteiger partial charge is 0.201 e. The summed E-state index contributed by atoms with van der Waals surface area (Å²) in [5, 5.41) is 1.15. The second kappa shape index (κ2) is 3.20. The van der Waals surface area contributed by atoms with Crippen LogP contribution in [0.5, 0.6) is 0 Å². The van der Waals surface area contributed by atoms with E-state index in [-0.39, 0.29) is 0 Å². The number of aryl methyl sites for hydroxylation is 1. The van der Waals surface area contributed by atoms with E-state index in [4.69, 9.17) is 23.2 Å². The van der Waals surface area contributed by atoms with Crippen molar-refractivity contribution in [2.75, 3.05) is 0 Å². The summed E-state index contributed by atoms with van der Waals surface area (Å²) in [5.41, 5.74) is 2.85. The summed E-state index contributed by atoms with van der Waals surface area (Å²) in [5.74, 6) is 0. The molecule has 68 valence electrons. The van der Waals surface area contributed by atoms with Gasteiger partial charge in [-0.3, -0.25) is 0 Å². The summed E-state index contributed by atoms with van der Waals surface area (Å²) in [6, 6.07) is 3.81. The molecule has 0 saturated heterocycles. The van der Waals surface area contributed by atoms with Gasteiger partial charge in [-0.2, -0.15) is 0 Å².